The van der Waals surface area contributed by atoms with E-state index in [4.69, 9.17) is 9.84 Å². The number of hydrogen-bond acceptors (Lipinski definition) is 3. The van der Waals surface area contributed by atoms with Crippen molar-refractivity contribution >= 4 is 5.90 Å². The molecule has 0 amide bonds. The molecule has 0 saturated heterocycles. The van der Waals surface area contributed by atoms with Crippen molar-refractivity contribution in [3.05, 3.63) is 35.4 Å². The van der Waals surface area contributed by atoms with E-state index in [0.717, 1.165) is 23.6 Å². The van der Waals surface area contributed by atoms with E-state index in [9.17, 15) is 0 Å². The lowest BCUT2D eigenvalue weighted by Crippen LogP contribution is -2.02. The van der Waals surface area contributed by atoms with Gasteiger partial charge < -0.3 is 9.84 Å². The number of aliphatic hydroxyl groups excluding tert-OH is 1. The average Bonchev–Trinajstić information content (AvgIpc) is 2.71. The van der Waals surface area contributed by atoms with Crippen molar-refractivity contribution < 1.29 is 9.84 Å². The molecule has 0 aromatic heterocycles. The van der Waals surface area contributed by atoms with E-state index in [-0.39, 0.29) is 6.61 Å². The highest BCUT2D eigenvalue weighted by molar-refractivity contribution is 5.95. The molecule has 0 spiro atoms. The molecule has 1 aromatic rings. The Balaban J connectivity index is 2.21. The van der Waals surface area contributed by atoms with Gasteiger partial charge in [-0.3, -0.25) is 0 Å². The number of aliphatic imine (C=N–C) groups is 1. The van der Waals surface area contributed by atoms with Crippen LogP contribution in [-0.4, -0.2) is 30.8 Å². The molecule has 1 aliphatic heterocycles. The molecule has 1 aromatic carbocycles. The van der Waals surface area contributed by atoms with Gasteiger partial charge in [-0.15, -0.1) is 0 Å². The zero-order valence-electron chi connectivity index (χ0n) is 7.94. The summed E-state index contributed by atoms with van der Waals surface area (Å²) < 4.78 is 5.36. The lowest BCUT2D eigenvalue weighted by atomic mass is 10.1. The number of nitrogens with zero attached hydrogens (tertiary/aromatic N) is 1. The van der Waals surface area contributed by atoms with Crippen molar-refractivity contribution in [2.75, 3.05) is 19.8 Å². The van der Waals surface area contributed by atoms with Crippen LogP contribution >= 0.6 is 0 Å². The predicted molar refractivity (Wildman–Crippen MR) is 54.6 cm³/mol. The van der Waals surface area contributed by atoms with Gasteiger partial charge in [0, 0.05) is 12.2 Å². The third-order valence-corrected chi connectivity index (χ3v) is 2.16. The number of rotatable bonds is 3. The van der Waals surface area contributed by atoms with E-state index >= 15 is 0 Å². The first-order valence-electron chi connectivity index (χ1n) is 4.77. The standard InChI is InChI=1S/C11H13NO2/c13-6-4-9-2-1-3-10(8-9)11-12-5-7-14-11/h1-3,8,13H,4-7H2. The summed E-state index contributed by atoms with van der Waals surface area (Å²) in [6.07, 6.45) is 0.682. The normalized spacial score (nSPS) is 15.1. The van der Waals surface area contributed by atoms with Crippen molar-refractivity contribution in [3.63, 3.8) is 0 Å². The second kappa shape index (κ2) is 4.24. The Morgan fingerprint density at radius 3 is 3.07 bits per heavy atom. The SMILES string of the molecule is OCCc1cccc(C2=NCCO2)c1. The minimum absolute atomic E-state index is 0.177. The number of ether oxygens (including phenoxy) is 1. The molecule has 0 aliphatic carbocycles. The minimum atomic E-state index is 0.177. The van der Waals surface area contributed by atoms with Crippen LogP contribution in [0.15, 0.2) is 29.3 Å². The fraction of sp³-hybridized carbons (Fsp3) is 0.364. The summed E-state index contributed by atoms with van der Waals surface area (Å²) in [5.41, 5.74) is 2.12. The van der Waals surface area contributed by atoms with Gasteiger partial charge in [0.2, 0.25) is 5.90 Å². The largest absolute Gasteiger partial charge is 0.476 e. The van der Waals surface area contributed by atoms with Gasteiger partial charge in [-0.1, -0.05) is 12.1 Å². The van der Waals surface area contributed by atoms with Crippen LogP contribution in [0, 0.1) is 0 Å². The molecule has 0 fully saturated rings. The van der Waals surface area contributed by atoms with Crippen molar-refractivity contribution in [3.8, 4) is 0 Å². The Labute approximate surface area is 83.1 Å². The summed E-state index contributed by atoms with van der Waals surface area (Å²) in [6.45, 7) is 1.61. The van der Waals surface area contributed by atoms with Crippen LogP contribution in [0.4, 0.5) is 0 Å². The molecule has 0 bridgehead atoms. The van der Waals surface area contributed by atoms with Crippen molar-refractivity contribution in [2.45, 2.75) is 6.42 Å². The zero-order chi connectivity index (χ0) is 9.80. The van der Waals surface area contributed by atoms with Crippen LogP contribution in [0.3, 0.4) is 0 Å². The molecule has 0 unspecified atom stereocenters. The smallest absolute Gasteiger partial charge is 0.216 e. The van der Waals surface area contributed by atoms with Crippen LogP contribution in [0.5, 0.6) is 0 Å². The highest BCUT2D eigenvalue weighted by Crippen LogP contribution is 2.10. The van der Waals surface area contributed by atoms with E-state index in [2.05, 4.69) is 4.99 Å². The first kappa shape index (κ1) is 9.21. The van der Waals surface area contributed by atoms with Crippen LogP contribution in [0.25, 0.3) is 0 Å². The second-order valence-corrected chi connectivity index (χ2v) is 3.21. The van der Waals surface area contributed by atoms with Crippen molar-refractivity contribution in [1.82, 2.24) is 0 Å². The molecule has 0 radical (unpaired) electrons. The summed E-state index contributed by atoms with van der Waals surface area (Å²) in [5.74, 6) is 0.727. The van der Waals surface area contributed by atoms with Crippen LogP contribution in [0.1, 0.15) is 11.1 Å². The summed E-state index contributed by atoms with van der Waals surface area (Å²) >= 11 is 0. The number of benzene rings is 1. The van der Waals surface area contributed by atoms with Gasteiger partial charge in [0.25, 0.3) is 0 Å². The molecule has 3 heteroatoms. The fourth-order valence-electron chi connectivity index (χ4n) is 1.50. The Bertz CT molecular complexity index is 347. The average molecular weight is 191 g/mol. The molecule has 0 atom stereocenters. The highest BCUT2D eigenvalue weighted by atomic mass is 16.5. The number of hydrogen-bond donors (Lipinski definition) is 1. The monoisotopic (exact) mass is 191 g/mol. The fourth-order valence-corrected chi connectivity index (χ4v) is 1.50. The molecular weight excluding hydrogens is 178 g/mol. The lowest BCUT2D eigenvalue weighted by molar-refractivity contribution is 0.299. The molecule has 74 valence electrons. The molecule has 3 nitrogen and oxygen atoms in total. The van der Waals surface area contributed by atoms with Crippen molar-refractivity contribution in [1.29, 1.82) is 0 Å². The van der Waals surface area contributed by atoms with Gasteiger partial charge in [0.15, 0.2) is 0 Å². The quantitative estimate of drug-likeness (QED) is 0.774. The Kier molecular flexibility index (Phi) is 2.79. The van der Waals surface area contributed by atoms with Gasteiger partial charge in [0.05, 0.1) is 6.54 Å². The van der Waals surface area contributed by atoms with E-state index in [0.29, 0.717) is 13.0 Å². The first-order chi connectivity index (χ1) is 6.90. The Hall–Kier alpha value is -1.35. The molecule has 0 saturated carbocycles. The molecule has 1 aliphatic rings. The van der Waals surface area contributed by atoms with Gasteiger partial charge in [-0.25, -0.2) is 4.99 Å². The molecule has 1 N–H and O–H groups in total. The third kappa shape index (κ3) is 1.93. The summed E-state index contributed by atoms with van der Waals surface area (Å²) in [6, 6.07) is 7.95. The molecule has 1 heterocycles. The molecule has 2 rings (SSSR count). The maximum Gasteiger partial charge on any atom is 0.216 e. The van der Waals surface area contributed by atoms with Crippen LogP contribution < -0.4 is 0 Å². The summed E-state index contributed by atoms with van der Waals surface area (Å²) in [7, 11) is 0. The van der Waals surface area contributed by atoms with Gasteiger partial charge in [-0.2, -0.15) is 0 Å². The maximum atomic E-state index is 8.81. The third-order valence-electron chi connectivity index (χ3n) is 2.16. The topological polar surface area (TPSA) is 41.8 Å². The Morgan fingerprint density at radius 1 is 1.43 bits per heavy atom. The second-order valence-electron chi connectivity index (χ2n) is 3.21. The van der Waals surface area contributed by atoms with E-state index in [1.807, 2.05) is 24.3 Å². The maximum absolute atomic E-state index is 8.81. The molecule has 14 heavy (non-hydrogen) atoms. The lowest BCUT2D eigenvalue weighted by Gasteiger charge is -2.03. The zero-order valence-corrected chi connectivity index (χ0v) is 7.94. The van der Waals surface area contributed by atoms with Crippen LogP contribution in [-0.2, 0) is 11.2 Å². The predicted octanol–water partition coefficient (Wildman–Crippen LogP) is 0.998. The van der Waals surface area contributed by atoms with Crippen LogP contribution in [0.2, 0.25) is 0 Å². The molecular formula is C11H13NO2. The first-order valence-corrected chi connectivity index (χ1v) is 4.77. The summed E-state index contributed by atoms with van der Waals surface area (Å²) in [4.78, 5) is 4.24. The number of aliphatic hydroxyl groups is 1. The van der Waals surface area contributed by atoms with Crippen molar-refractivity contribution in [2.24, 2.45) is 4.99 Å². The van der Waals surface area contributed by atoms with E-state index in [1.54, 1.807) is 0 Å². The minimum Gasteiger partial charge on any atom is -0.476 e. The highest BCUT2D eigenvalue weighted by Gasteiger charge is 2.09. The van der Waals surface area contributed by atoms with E-state index in [1.165, 1.54) is 0 Å². The Morgan fingerprint density at radius 2 is 2.36 bits per heavy atom. The van der Waals surface area contributed by atoms with Gasteiger partial charge in [0.1, 0.15) is 6.61 Å². The van der Waals surface area contributed by atoms with E-state index < -0.39 is 0 Å². The van der Waals surface area contributed by atoms with Gasteiger partial charge in [-0.05, 0) is 24.1 Å². The van der Waals surface area contributed by atoms with Gasteiger partial charge >= 0.3 is 0 Å². The summed E-state index contributed by atoms with van der Waals surface area (Å²) in [5, 5.41) is 8.81.